The van der Waals surface area contributed by atoms with Crippen LogP contribution in [0.1, 0.15) is 6.92 Å². The van der Waals surface area contributed by atoms with Crippen LogP contribution in [0.3, 0.4) is 0 Å². The van der Waals surface area contributed by atoms with Crippen molar-refractivity contribution < 1.29 is 13.2 Å². The highest BCUT2D eigenvalue weighted by Gasteiger charge is 2.14. The van der Waals surface area contributed by atoms with Crippen LogP contribution in [0.5, 0.6) is 0 Å². The summed E-state index contributed by atoms with van der Waals surface area (Å²) >= 11 is 5.49. The molecule has 0 aliphatic heterocycles. The van der Waals surface area contributed by atoms with Crippen molar-refractivity contribution in [2.45, 2.75) is 11.8 Å². The molecule has 0 fully saturated rings. The van der Waals surface area contributed by atoms with Crippen LogP contribution in [0, 0.1) is 0 Å². The Morgan fingerprint density at radius 1 is 1.47 bits per heavy atom. The van der Waals surface area contributed by atoms with Crippen molar-refractivity contribution >= 4 is 27.5 Å². The first-order valence-corrected chi connectivity index (χ1v) is 5.68. The normalized spacial score (nSPS) is 11.1. The smallest absolute Gasteiger partial charge is 0.258 e. The molecule has 0 spiro atoms. The molecule has 0 radical (unpaired) electrons. The predicted octanol–water partition coefficient (Wildman–Crippen LogP) is 0.0644. The van der Waals surface area contributed by atoms with Gasteiger partial charge in [0.05, 0.1) is 0 Å². The lowest BCUT2D eigenvalue weighted by atomic mass is 10.5. The summed E-state index contributed by atoms with van der Waals surface area (Å²) in [6, 6.07) is 2.61. The van der Waals surface area contributed by atoms with Crippen molar-refractivity contribution in [1.29, 1.82) is 0 Å². The molecular formula is C7H8ClN3O3S. The van der Waals surface area contributed by atoms with Crippen LogP contribution in [-0.2, 0) is 14.8 Å². The molecule has 0 unspecified atom stereocenters. The van der Waals surface area contributed by atoms with Gasteiger partial charge in [0.15, 0.2) is 0 Å². The highest BCUT2D eigenvalue weighted by Crippen LogP contribution is 2.09. The molecule has 1 amide bonds. The van der Waals surface area contributed by atoms with E-state index in [9.17, 15) is 13.2 Å². The Balaban J connectivity index is 2.87. The van der Waals surface area contributed by atoms with Gasteiger partial charge in [0, 0.05) is 13.1 Å². The zero-order valence-corrected chi connectivity index (χ0v) is 9.26. The molecule has 0 saturated carbocycles. The van der Waals surface area contributed by atoms with Crippen molar-refractivity contribution in [2.75, 3.05) is 0 Å². The lowest BCUT2D eigenvalue weighted by molar-refractivity contribution is -0.119. The third-order valence-electron chi connectivity index (χ3n) is 1.37. The van der Waals surface area contributed by atoms with E-state index < -0.39 is 15.9 Å². The summed E-state index contributed by atoms with van der Waals surface area (Å²) in [6.07, 6.45) is 1.09. The minimum absolute atomic E-state index is 0.0827. The lowest BCUT2D eigenvalue weighted by Gasteiger charge is -2.05. The van der Waals surface area contributed by atoms with Gasteiger partial charge in [-0.15, -0.1) is 4.83 Å². The van der Waals surface area contributed by atoms with Crippen molar-refractivity contribution in [2.24, 2.45) is 0 Å². The summed E-state index contributed by atoms with van der Waals surface area (Å²) in [6.45, 7) is 1.18. The number of aromatic nitrogens is 1. The Hall–Kier alpha value is -1.18. The number of amides is 1. The number of nitrogens with zero attached hydrogens (tertiary/aromatic N) is 1. The summed E-state index contributed by atoms with van der Waals surface area (Å²) < 4.78 is 22.9. The average Bonchev–Trinajstić information content (AvgIpc) is 2.16. The summed E-state index contributed by atoms with van der Waals surface area (Å²) in [7, 11) is -3.78. The fourth-order valence-electron chi connectivity index (χ4n) is 0.719. The van der Waals surface area contributed by atoms with Gasteiger partial charge in [-0.3, -0.25) is 10.2 Å². The van der Waals surface area contributed by atoms with Crippen LogP contribution >= 0.6 is 11.6 Å². The number of nitrogens with one attached hydrogen (secondary N) is 2. The zero-order chi connectivity index (χ0) is 11.5. The minimum Gasteiger partial charge on any atom is -0.278 e. The maximum Gasteiger partial charge on any atom is 0.258 e. The Morgan fingerprint density at radius 3 is 2.60 bits per heavy atom. The fraction of sp³-hybridized carbons (Fsp3) is 0.143. The number of hydrazine groups is 1. The quantitative estimate of drug-likeness (QED) is 0.586. The maximum atomic E-state index is 11.4. The Labute approximate surface area is 91.7 Å². The van der Waals surface area contributed by atoms with E-state index in [0.717, 1.165) is 6.20 Å². The second-order valence-corrected chi connectivity index (χ2v) is 4.67. The van der Waals surface area contributed by atoms with Crippen molar-refractivity contribution in [3.8, 4) is 0 Å². The molecule has 0 atom stereocenters. The van der Waals surface area contributed by atoms with E-state index in [2.05, 4.69) is 4.98 Å². The van der Waals surface area contributed by atoms with Crippen LogP contribution in [0.2, 0.25) is 5.15 Å². The van der Waals surface area contributed by atoms with E-state index in [1.54, 1.807) is 0 Å². The number of carbonyl (C=O) groups excluding carboxylic acids is 1. The van der Waals surface area contributed by atoms with Crippen molar-refractivity contribution in [3.05, 3.63) is 23.5 Å². The Kier molecular flexibility index (Phi) is 3.61. The van der Waals surface area contributed by atoms with Crippen LogP contribution in [0.15, 0.2) is 23.2 Å². The largest absolute Gasteiger partial charge is 0.278 e. The van der Waals surface area contributed by atoms with Gasteiger partial charge in [-0.2, -0.15) is 0 Å². The number of halogens is 1. The topological polar surface area (TPSA) is 88.2 Å². The van der Waals surface area contributed by atoms with Crippen LogP contribution in [-0.4, -0.2) is 19.3 Å². The van der Waals surface area contributed by atoms with Gasteiger partial charge < -0.3 is 0 Å². The minimum atomic E-state index is -3.78. The third-order valence-corrected chi connectivity index (χ3v) is 2.83. The molecular weight excluding hydrogens is 242 g/mol. The van der Waals surface area contributed by atoms with Gasteiger partial charge in [0.1, 0.15) is 10.0 Å². The molecule has 1 rings (SSSR count). The predicted molar refractivity (Wildman–Crippen MR) is 53.4 cm³/mol. The number of hydrogen-bond acceptors (Lipinski definition) is 4. The molecule has 0 saturated heterocycles. The molecule has 2 N–H and O–H groups in total. The molecule has 0 aromatic carbocycles. The maximum absolute atomic E-state index is 11.4. The summed E-state index contributed by atoms with van der Waals surface area (Å²) in [5.41, 5.74) is 1.96. The van der Waals surface area contributed by atoms with E-state index in [4.69, 9.17) is 11.6 Å². The number of hydrogen-bond donors (Lipinski definition) is 2. The van der Waals surface area contributed by atoms with Gasteiger partial charge in [-0.1, -0.05) is 11.6 Å². The number of pyridine rings is 1. The summed E-state index contributed by atoms with van der Waals surface area (Å²) in [5.74, 6) is -0.513. The first-order chi connectivity index (χ1) is 6.92. The Bertz CT molecular complexity index is 457. The molecule has 8 heteroatoms. The van der Waals surface area contributed by atoms with Crippen LogP contribution in [0.4, 0.5) is 0 Å². The Morgan fingerprint density at radius 2 is 2.13 bits per heavy atom. The second kappa shape index (κ2) is 4.56. The lowest BCUT2D eigenvalue weighted by Crippen LogP contribution is -2.40. The highest BCUT2D eigenvalue weighted by atomic mass is 35.5. The van der Waals surface area contributed by atoms with E-state index in [1.165, 1.54) is 19.1 Å². The number of carbonyl (C=O) groups is 1. The van der Waals surface area contributed by atoms with Crippen molar-refractivity contribution in [3.63, 3.8) is 0 Å². The molecule has 6 nitrogen and oxygen atoms in total. The van der Waals surface area contributed by atoms with E-state index in [-0.39, 0.29) is 10.0 Å². The molecule has 1 aromatic heterocycles. The number of rotatable bonds is 3. The van der Waals surface area contributed by atoms with Crippen molar-refractivity contribution in [1.82, 2.24) is 15.2 Å². The molecule has 0 aliphatic carbocycles. The molecule has 1 heterocycles. The van der Waals surface area contributed by atoms with Gasteiger partial charge in [0.25, 0.3) is 10.0 Å². The molecule has 15 heavy (non-hydrogen) atoms. The average molecular weight is 250 g/mol. The monoisotopic (exact) mass is 249 g/mol. The third kappa shape index (κ3) is 3.46. The highest BCUT2D eigenvalue weighted by molar-refractivity contribution is 7.89. The van der Waals surface area contributed by atoms with Gasteiger partial charge in [0.2, 0.25) is 5.91 Å². The summed E-state index contributed by atoms with van der Waals surface area (Å²) in [5, 5.41) is 0.188. The molecule has 82 valence electrons. The van der Waals surface area contributed by atoms with Gasteiger partial charge in [-0.05, 0) is 12.1 Å². The standard InChI is InChI=1S/C7H8ClN3O3S/c1-5(12)10-11-15(13,14)6-2-3-7(8)9-4-6/h2-4,11H,1H3,(H,10,12). The van der Waals surface area contributed by atoms with Crippen LogP contribution < -0.4 is 10.3 Å². The first-order valence-electron chi connectivity index (χ1n) is 3.82. The summed E-state index contributed by atoms with van der Waals surface area (Å²) in [4.78, 5) is 15.9. The van der Waals surface area contributed by atoms with Gasteiger partial charge >= 0.3 is 0 Å². The van der Waals surface area contributed by atoms with Gasteiger partial charge in [-0.25, -0.2) is 13.4 Å². The van der Waals surface area contributed by atoms with E-state index >= 15 is 0 Å². The zero-order valence-electron chi connectivity index (χ0n) is 7.69. The number of sulfonamides is 1. The fourth-order valence-corrected chi connectivity index (χ4v) is 1.67. The molecule has 1 aromatic rings. The SMILES string of the molecule is CC(=O)NNS(=O)(=O)c1ccc(Cl)nc1. The first kappa shape index (κ1) is 11.9. The van der Waals surface area contributed by atoms with Crippen LogP contribution in [0.25, 0.3) is 0 Å². The van der Waals surface area contributed by atoms with E-state index in [1.807, 2.05) is 10.3 Å². The van der Waals surface area contributed by atoms with E-state index in [0.29, 0.717) is 0 Å². The second-order valence-electron chi connectivity index (χ2n) is 2.60. The molecule has 0 bridgehead atoms. The molecule has 0 aliphatic rings.